The van der Waals surface area contributed by atoms with Crippen molar-refractivity contribution >= 4 is 0 Å². The lowest BCUT2D eigenvalue weighted by Gasteiger charge is -2.42. The van der Waals surface area contributed by atoms with Gasteiger partial charge >= 0.3 is 0 Å². The highest BCUT2D eigenvalue weighted by Crippen LogP contribution is 2.39. The Morgan fingerprint density at radius 3 is 2.58 bits per heavy atom. The highest BCUT2D eigenvalue weighted by atomic mass is 19.3. The second-order valence-electron chi connectivity index (χ2n) is 5.46. The van der Waals surface area contributed by atoms with Crippen LogP contribution >= 0.6 is 0 Å². The Balaban J connectivity index is 2.04. The average molecular weight is 269 g/mol. The Bertz CT molecular complexity index is 396. The second kappa shape index (κ2) is 5.97. The van der Waals surface area contributed by atoms with Gasteiger partial charge < -0.3 is 5.11 Å². The Hall–Kier alpha value is -1.00. The van der Waals surface area contributed by atoms with Gasteiger partial charge in [0.05, 0.1) is 0 Å². The van der Waals surface area contributed by atoms with Crippen LogP contribution in [-0.2, 0) is 6.54 Å². The number of alkyl halides is 2. The van der Waals surface area contributed by atoms with Crippen molar-refractivity contribution in [3.63, 3.8) is 0 Å². The molecule has 2 nitrogen and oxygen atoms in total. The van der Waals surface area contributed by atoms with Crippen LogP contribution in [-0.4, -0.2) is 35.6 Å². The van der Waals surface area contributed by atoms with Crippen LogP contribution in [0.5, 0.6) is 0 Å². The summed E-state index contributed by atoms with van der Waals surface area (Å²) >= 11 is 0. The summed E-state index contributed by atoms with van der Waals surface area (Å²) in [5.74, 6) is -4.08. The van der Waals surface area contributed by atoms with Crippen LogP contribution in [0.3, 0.4) is 0 Å². The number of rotatable bonds is 4. The fraction of sp³-hybridized carbons (Fsp3) is 0.600. The van der Waals surface area contributed by atoms with Crippen molar-refractivity contribution in [2.45, 2.75) is 25.8 Å². The predicted octanol–water partition coefficient (Wildman–Crippen LogP) is 2.77. The van der Waals surface area contributed by atoms with E-state index < -0.39 is 17.8 Å². The average Bonchev–Trinajstić information content (AvgIpc) is 2.37. The van der Waals surface area contributed by atoms with E-state index in [4.69, 9.17) is 5.11 Å². The van der Waals surface area contributed by atoms with E-state index in [1.807, 2.05) is 30.3 Å². The fourth-order valence-corrected chi connectivity index (χ4v) is 2.83. The van der Waals surface area contributed by atoms with Crippen molar-refractivity contribution in [3.05, 3.63) is 35.9 Å². The minimum atomic E-state index is -2.67. The van der Waals surface area contributed by atoms with Crippen molar-refractivity contribution in [2.24, 2.45) is 11.8 Å². The maximum atomic E-state index is 14.0. The molecular weight excluding hydrogens is 248 g/mol. The number of piperidine rings is 1. The molecule has 1 N–H and O–H groups in total. The van der Waals surface area contributed by atoms with E-state index in [-0.39, 0.29) is 13.0 Å². The molecule has 0 saturated carbocycles. The van der Waals surface area contributed by atoms with E-state index in [0.29, 0.717) is 19.6 Å². The van der Waals surface area contributed by atoms with E-state index >= 15 is 0 Å². The molecular formula is C15H21F2NO. The number of hydrogen-bond acceptors (Lipinski definition) is 2. The van der Waals surface area contributed by atoms with Gasteiger partial charge in [0.1, 0.15) is 0 Å². The van der Waals surface area contributed by atoms with Crippen LogP contribution in [0.25, 0.3) is 0 Å². The third-order valence-corrected chi connectivity index (χ3v) is 3.94. The highest BCUT2D eigenvalue weighted by molar-refractivity contribution is 5.14. The van der Waals surface area contributed by atoms with Crippen LogP contribution in [0, 0.1) is 11.8 Å². The van der Waals surface area contributed by atoms with Gasteiger partial charge in [-0.15, -0.1) is 0 Å². The summed E-state index contributed by atoms with van der Waals surface area (Å²) in [4.78, 5) is 2.07. The largest absolute Gasteiger partial charge is 0.396 e. The topological polar surface area (TPSA) is 23.5 Å². The van der Waals surface area contributed by atoms with E-state index in [1.165, 1.54) is 0 Å². The van der Waals surface area contributed by atoms with Gasteiger partial charge in [-0.3, -0.25) is 4.90 Å². The van der Waals surface area contributed by atoms with Crippen molar-refractivity contribution in [3.8, 4) is 0 Å². The van der Waals surface area contributed by atoms with Gasteiger partial charge in [-0.05, 0) is 12.0 Å². The van der Waals surface area contributed by atoms with Gasteiger partial charge in [-0.1, -0.05) is 37.3 Å². The first-order valence-corrected chi connectivity index (χ1v) is 6.79. The standard InChI is InChI=1S/C15H21F2NO/c1-12-9-18(10-13-5-3-2-4-6-13)11-14(7-8-19)15(12,16)17/h2-6,12,14,19H,7-11H2,1H3. The Labute approximate surface area is 113 Å². The first-order valence-electron chi connectivity index (χ1n) is 6.79. The fourth-order valence-electron chi connectivity index (χ4n) is 2.83. The number of aliphatic hydroxyl groups is 1. The predicted molar refractivity (Wildman–Crippen MR) is 71.0 cm³/mol. The lowest BCUT2D eigenvalue weighted by Crippen LogP contribution is -2.52. The van der Waals surface area contributed by atoms with Crippen molar-refractivity contribution in [2.75, 3.05) is 19.7 Å². The summed E-state index contributed by atoms with van der Waals surface area (Å²) in [6.07, 6.45) is 0.169. The molecule has 1 aliphatic heterocycles. The normalized spacial score (nSPS) is 27.4. The van der Waals surface area contributed by atoms with Crippen LogP contribution in [0.2, 0.25) is 0 Å². The zero-order chi connectivity index (χ0) is 13.9. The lowest BCUT2D eigenvalue weighted by atomic mass is 9.84. The molecule has 1 saturated heterocycles. The Morgan fingerprint density at radius 1 is 1.26 bits per heavy atom. The number of halogens is 2. The summed E-state index contributed by atoms with van der Waals surface area (Å²) in [7, 11) is 0. The molecule has 0 bridgehead atoms. The van der Waals surface area contributed by atoms with E-state index in [2.05, 4.69) is 4.90 Å². The molecule has 19 heavy (non-hydrogen) atoms. The van der Waals surface area contributed by atoms with Crippen molar-refractivity contribution in [1.82, 2.24) is 4.90 Å². The first-order chi connectivity index (χ1) is 9.04. The third-order valence-electron chi connectivity index (χ3n) is 3.94. The monoisotopic (exact) mass is 269 g/mol. The first kappa shape index (κ1) is 14.4. The van der Waals surface area contributed by atoms with Gasteiger partial charge in [0.2, 0.25) is 0 Å². The molecule has 1 aromatic rings. The summed E-state index contributed by atoms with van der Waals surface area (Å²) in [5.41, 5.74) is 1.14. The number of benzene rings is 1. The zero-order valence-corrected chi connectivity index (χ0v) is 11.2. The Kier molecular flexibility index (Phi) is 4.53. The van der Waals surface area contributed by atoms with Gasteiger partial charge in [0.25, 0.3) is 5.92 Å². The molecule has 2 rings (SSSR count). The second-order valence-corrected chi connectivity index (χ2v) is 5.46. The lowest BCUT2D eigenvalue weighted by molar-refractivity contribution is -0.150. The third kappa shape index (κ3) is 3.31. The van der Waals surface area contributed by atoms with Gasteiger partial charge in [0, 0.05) is 38.1 Å². The van der Waals surface area contributed by atoms with Crippen LogP contribution < -0.4 is 0 Å². The highest BCUT2D eigenvalue weighted by Gasteiger charge is 2.48. The summed E-state index contributed by atoms with van der Waals surface area (Å²) < 4.78 is 28.0. The van der Waals surface area contributed by atoms with Crippen molar-refractivity contribution < 1.29 is 13.9 Å². The van der Waals surface area contributed by atoms with E-state index in [9.17, 15) is 8.78 Å². The van der Waals surface area contributed by atoms with Crippen LogP contribution in [0.15, 0.2) is 30.3 Å². The Morgan fingerprint density at radius 2 is 1.95 bits per heavy atom. The summed E-state index contributed by atoms with van der Waals surface area (Å²) in [6, 6.07) is 9.90. The minimum Gasteiger partial charge on any atom is -0.396 e. The summed E-state index contributed by atoms with van der Waals surface area (Å²) in [6.45, 7) is 2.88. The quantitative estimate of drug-likeness (QED) is 0.908. The molecule has 4 heteroatoms. The molecule has 106 valence electrons. The van der Waals surface area contributed by atoms with Gasteiger partial charge in [-0.2, -0.15) is 0 Å². The molecule has 0 amide bonds. The number of hydrogen-bond donors (Lipinski definition) is 1. The molecule has 0 aromatic heterocycles. The molecule has 1 aromatic carbocycles. The molecule has 0 radical (unpaired) electrons. The zero-order valence-electron chi connectivity index (χ0n) is 11.2. The van der Waals surface area contributed by atoms with Crippen molar-refractivity contribution in [1.29, 1.82) is 0 Å². The SMILES string of the molecule is CC1CN(Cc2ccccc2)CC(CCO)C1(F)F. The molecule has 1 fully saturated rings. The maximum absolute atomic E-state index is 14.0. The molecule has 2 unspecified atom stereocenters. The van der Waals surface area contributed by atoms with Gasteiger partial charge in [-0.25, -0.2) is 8.78 Å². The van der Waals surface area contributed by atoms with E-state index in [0.717, 1.165) is 5.56 Å². The minimum absolute atomic E-state index is 0.169. The number of nitrogens with zero attached hydrogens (tertiary/aromatic N) is 1. The number of likely N-dealkylation sites (tertiary alicyclic amines) is 1. The molecule has 0 aliphatic carbocycles. The summed E-state index contributed by atoms with van der Waals surface area (Å²) in [5, 5.41) is 8.96. The smallest absolute Gasteiger partial charge is 0.255 e. The van der Waals surface area contributed by atoms with Crippen LogP contribution in [0.4, 0.5) is 8.78 Å². The molecule has 1 aliphatic rings. The molecule has 1 heterocycles. The maximum Gasteiger partial charge on any atom is 0.255 e. The molecule has 0 spiro atoms. The molecule has 2 atom stereocenters. The number of aliphatic hydroxyl groups excluding tert-OH is 1. The van der Waals surface area contributed by atoms with Crippen LogP contribution in [0.1, 0.15) is 18.9 Å². The van der Waals surface area contributed by atoms with Gasteiger partial charge in [0.15, 0.2) is 0 Å². The van der Waals surface area contributed by atoms with E-state index in [1.54, 1.807) is 6.92 Å².